The molecule has 0 aliphatic rings. The molecule has 20 heavy (non-hydrogen) atoms. The summed E-state index contributed by atoms with van der Waals surface area (Å²) in [6.45, 7) is 1.83. The number of aromatic nitrogens is 1. The third kappa shape index (κ3) is 2.89. The summed E-state index contributed by atoms with van der Waals surface area (Å²) in [4.78, 5) is 0. The molecule has 0 aliphatic carbocycles. The maximum Gasteiger partial charge on any atom is 0.162 e. The topological polar surface area (TPSA) is 48.7 Å². The fourth-order valence-electron chi connectivity index (χ4n) is 1.81. The van der Waals surface area contributed by atoms with Crippen molar-refractivity contribution in [3.63, 3.8) is 0 Å². The third-order valence-electron chi connectivity index (χ3n) is 2.81. The Labute approximate surface area is 124 Å². The number of anilines is 1. The second-order valence-corrected chi connectivity index (χ2v) is 5.19. The first-order valence-electron chi connectivity index (χ1n) is 5.83. The predicted molar refractivity (Wildman–Crippen MR) is 74.9 cm³/mol. The highest BCUT2D eigenvalue weighted by atomic mass is 35.5. The Morgan fingerprint density at radius 1 is 1.50 bits per heavy atom. The van der Waals surface area contributed by atoms with Crippen LogP contribution in [0.4, 0.5) is 13.8 Å². The van der Waals surface area contributed by atoms with Gasteiger partial charge in [-0.2, -0.15) is 9.64 Å². The molecule has 1 aromatic carbocycles. The molecule has 0 bridgehead atoms. The van der Waals surface area contributed by atoms with Crippen molar-refractivity contribution in [1.82, 2.24) is 4.37 Å². The van der Waals surface area contributed by atoms with Crippen molar-refractivity contribution in [3.05, 3.63) is 46.1 Å². The molecule has 0 aliphatic heterocycles. The van der Waals surface area contributed by atoms with E-state index in [2.05, 4.69) is 9.69 Å². The Balaban J connectivity index is 2.34. The van der Waals surface area contributed by atoms with Crippen LogP contribution in [0.25, 0.3) is 0 Å². The maximum atomic E-state index is 13.8. The quantitative estimate of drug-likeness (QED) is 0.903. The number of halogens is 3. The summed E-state index contributed by atoms with van der Waals surface area (Å²) in [6, 6.07) is 4.77. The maximum absolute atomic E-state index is 13.8. The average molecular weight is 314 g/mol. The highest BCUT2D eigenvalue weighted by molar-refractivity contribution is 7.10. The van der Waals surface area contributed by atoms with Crippen molar-refractivity contribution in [2.45, 2.75) is 19.4 Å². The fraction of sp³-hybridized carbons (Fsp3) is 0.231. The van der Waals surface area contributed by atoms with Crippen molar-refractivity contribution >= 4 is 28.1 Å². The Kier molecular flexibility index (Phi) is 4.53. The minimum absolute atomic E-state index is 0.106. The summed E-state index contributed by atoms with van der Waals surface area (Å²) in [6.07, 6.45) is 0.515. The van der Waals surface area contributed by atoms with Crippen LogP contribution in [-0.2, 0) is 0 Å². The van der Waals surface area contributed by atoms with E-state index in [1.54, 1.807) is 0 Å². The molecule has 2 aromatic rings. The van der Waals surface area contributed by atoms with E-state index in [1.165, 1.54) is 0 Å². The highest BCUT2D eigenvalue weighted by Crippen LogP contribution is 2.32. The lowest BCUT2D eigenvalue weighted by Gasteiger charge is -2.18. The van der Waals surface area contributed by atoms with Gasteiger partial charge in [0.25, 0.3) is 0 Å². The van der Waals surface area contributed by atoms with Crippen LogP contribution in [0.15, 0.2) is 18.2 Å². The zero-order chi connectivity index (χ0) is 14.7. The summed E-state index contributed by atoms with van der Waals surface area (Å²) >= 11 is 6.79. The zero-order valence-corrected chi connectivity index (χ0v) is 12.0. The van der Waals surface area contributed by atoms with Crippen LogP contribution < -0.4 is 5.32 Å². The Morgan fingerprint density at radius 2 is 2.25 bits per heavy atom. The van der Waals surface area contributed by atoms with Crippen molar-refractivity contribution in [2.24, 2.45) is 0 Å². The molecule has 3 nitrogen and oxygen atoms in total. The first-order chi connectivity index (χ1) is 9.56. The van der Waals surface area contributed by atoms with E-state index in [9.17, 15) is 8.78 Å². The van der Waals surface area contributed by atoms with E-state index < -0.39 is 17.7 Å². The SMILES string of the molecule is CCC(Nc1snc(Cl)c1C#N)c1cc(F)ccc1F. The van der Waals surface area contributed by atoms with Gasteiger partial charge in [-0.05, 0) is 36.2 Å². The van der Waals surface area contributed by atoms with Crippen LogP contribution in [0.5, 0.6) is 0 Å². The van der Waals surface area contributed by atoms with Gasteiger partial charge in [0.1, 0.15) is 28.3 Å². The minimum atomic E-state index is -0.510. The van der Waals surface area contributed by atoms with E-state index in [0.717, 1.165) is 29.7 Å². The largest absolute Gasteiger partial charge is 0.368 e. The predicted octanol–water partition coefficient (Wildman–Crippen LogP) is 4.51. The highest BCUT2D eigenvalue weighted by Gasteiger charge is 2.19. The third-order valence-corrected chi connectivity index (χ3v) is 3.96. The summed E-state index contributed by atoms with van der Waals surface area (Å²) in [5.74, 6) is -1.01. The van der Waals surface area contributed by atoms with Crippen molar-refractivity contribution in [1.29, 1.82) is 5.26 Å². The van der Waals surface area contributed by atoms with Crippen LogP contribution in [0, 0.1) is 23.0 Å². The number of rotatable bonds is 4. The smallest absolute Gasteiger partial charge is 0.162 e. The van der Waals surface area contributed by atoms with E-state index in [1.807, 2.05) is 13.0 Å². The molecule has 1 aromatic heterocycles. The molecule has 0 saturated carbocycles. The molecule has 0 amide bonds. The summed E-state index contributed by atoms with van der Waals surface area (Å²) in [5.41, 5.74) is 0.424. The van der Waals surface area contributed by atoms with E-state index in [4.69, 9.17) is 16.9 Å². The molecule has 0 saturated heterocycles. The van der Waals surface area contributed by atoms with Gasteiger partial charge in [-0.3, -0.25) is 0 Å². The Morgan fingerprint density at radius 3 is 2.90 bits per heavy atom. The van der Waals surface area contributed by atoms with Gasteiger partial charge >= 0.3 is 0 Å². The normalized spacial score (nSPS) is 11.9. The Bertz CT molecular complexity index is 666. The first kappa shape index (κ1) is 14.7. The van der Waals surface area contributed by atoms with Gasteiger partial charge in [-0.1, -0.05) is 18.5 Å². The van der Waals surface area contributed by atoms with Gasteiger partial charge in [0.05, 0.1) is 6.04 Å². The molecule has 7 heteroatoms. The van der Waals surface area contributed by atoms with Crippen LogP contribution >= 0.6 is 23.1 Å². The van der Waals surface area contributed by atoms with Crippen molar-refractivity contribution in [3.8, 4) is 6.07 Å². The summed E-state index contributed by atoms with van der Waals surface area (Å²) < 4.78 is 30.9. The van der Waals surface area contributed by atoms with Gasteiger partial charge in [-0.15, -0.1) is 0 Å². The van der Waals surface area contributed by atoms with Crippen LogP contribution in [-0.4, -0.2) is 4.37 Å². The van der Waals surface area contributed by atoms with E-state index in [0.29, 0.717) is 11.4 Å². The summed E-state index contributed by atoms with van der Waals surface area (Å²) in [7, 11) is 0. The number of nitrogens with zero attached hydrogens (tertiary/aromatic N) is 2. The molecule has 1 atom stereocenters. The number of benzene rings is 1. The van der Waals surface area contributed by atoms with Crippen LogP contribution in [0.1, 0.15) is 30.5 Å². The number of nitriles is 1. The second kappa shape index (κ2) is 6.16. The molecule has 2 rings (SSSR count). The lowest BCUT2D eigenvalue weighted by Crippen LogP contribution is -2.11. The summed E-state index contributed by atoms with van der Waals surface area (Å²) in [5, 5.41) is 12.6. The molecule has 1 N–H and O–H groups in total. The van der Waals surface area contributed by atoms with Gasteiger partial charge in [0, 0.05) is 5.56 Å². The lowest BCUT2D eigenvalue weighted by molar-refractivity contribution is 0.567. The molecule has 1 heterocycles. The number of hydrogen-bond donors (Lipinski definition) is 1. The van der Waals surface area contributed by atoms with Gasteiger partial charge < -0.3 is 5.32 Å². The van der Waals surface area contributed by atoms with Crippen molar-refractivity contribution in [2.75, 3.05) is 5.32 Å². The molecule has 0 spiro atoms. The first-order valence-corrected chi connectivity index (χ1v) is 6.98. The molecule has 104 valence electrons. The molecular formula is C13H10ClF2N3S. The molecule has 0 fully saturated rings. The Hall–Kier alpha value is -1.71. The molecule has 0 radical (unpaired) electrons. The standard InChI is InChI=1S/C13H10ClF2N3S/c1-2-11(8-5-7(15)3-4-10(8)16)18-13-9(6-17)12(14)19-20-13/h3-5,11,18H,2H2,1H3. The lowest BCUT2D eigenvalue weighted by atomic mass is 10.0. The van der Waals surface area contributed by atoms with Gasteiger partial charge in [0.15, 0.2) is 5.15 Å². The van der Waals surface area contributed by atoms with Gasteiger partial charge in [-0.25, -0.2) is 8.78 Å². The molecule has 1 unspecified atom stereocenters. The van der Waals surface area contributed by atoms with Gasteiger partial charge in [0.2, 0.25) is 0 Å². The minimum Gasteiger partial charge on any atom is -0.368 e. The zero-order valence-electron chi connectivity index (χ0n) is 10.5. The van der Waals surface area contributed by atoms with E-state index >= 15 is 0 Å². The fourth-order valence-corrected chi connectivity index (χ4v) is 2.79. The van der Waals surface area contributed by atoms with Crippen molar-refractivity contribution < 1.29 is 8.78 Å². The number of hydrogen-bond acceptors (Lipinski definition) is 4. The van der Waals surface area contributed by atoms with E-state index in [-0.39, 0.29) is 16.3 Å². The molecular weight excluding hydrogens is 304 g/mol. The van der Waals surface area contributed by atoms with Crippen LogP contribution in [0.3, 0.4) is 0 Å². The van der Waals surface area contributed by atoms with Crippen LogP contribution in [0.2, 0.25) is 5.15 Å². The number of nitrogens with one attached hydrogen (secondary N) is 1. The monoisotopic (exact) mass is 313 g/mol. The average Bonchev–Trinajstić information content (AvgIpc) is 2.79. The second-order valence-electron chi connectivity index (χ2n) is 4.06.